The van der Waals surface area contributed by atoms with Crippen LogP contribution in [0, 0.1) is 13.8 Å². The SMILES string of the molecule is COCCN(c1cc(C(C)C)ccc1Nc1ccc(C)cc1)c1ccccc1-c1cc(C)cc(C(C)(C)C)c1. The Morgan fingerprint density at radius 2 is 1.51 bits per heavy atom. The second-order valence-electron chi connectivity index (χ2n) is 11.9. The Morgan fingerprint density at radius 3 is 2.18 bits per heavy atom. The Hall–Kier alpha value is -3.56. The van der Waals surface area contributed by atoms with E-state index in [2.05, 4.69) is 144 Å². The van der Waals surface area contributed by atoms with Crippen LogP contribution >= 0.6 is 0 Å². The van der Waals surface area contributed by atoms with Crippen LogP contribution in [0.4, 0.5) is 22.7 Å². The highest BCUT2D eigenvalue weighted by Crippen LogP contribution is 2.41. The van der Waals surface area contributed by atoms with Gasteiger partial charge in [-0.05, 0) is 72.2 Å². The van der Waals surface area contributed by atoms with E-state index in [0.29, 0.717) is 12.5 Å². The number of nitrogens with one attached hydrogen (secondary N) is 1. The summed E-state index contributed by atoms with van der Waals surface area (Å²) in [5, 5.41) is 3.71. The van der Waals surface area contributed by atoms with Gasteiger partial charge in [-0.1, -0.05) is 100 Å². The van der Waals surface area contributed by atoms with Crippen molar-refractivity contribution in [2.75, 3.05) is 30.5 Å². The van der Waals surface area contributed by atoms with E-state index in [-0.39, 0.29) is 5.41 Å². The number of methoxy groups -OCH3 is 1. The van der Waals surface area contributed by atoms with Crippen LogP contribution in [0.1, 0.15) is 62.8 Å². The number of hydrogen-bond donors (Lipinski definition) is 1. The Balaban J connectivity index is 1.90. The molecule has 4 aromatic carbocycles. The third-order valence-electron chi connectivity index (χ3n) is 7.28. The van der Waals surface area contributed by atoms with E-state index < -0.39 is 0 Å². The summed E-state index contributed by atoms with van der Waals surface area (Å²) in [6, 6.07) is 31.1. The van der Waals surface area contributed by atoms with Crippen LogP contribution in [0.2, 0.25) is 0 Å². The maximum absolute atomic E-state index is 5.63. The molecule has 3 heteroatoms. The third-order valence-corrected chi connectivity index (χ3v) is 7.28. The van der Waals surface area contributed by atoms with Gasteiger partial charge in [0.05, 0.1) is 18.0 Å². The van der Waals surface area contributed by atoms with Gasteiger partial charge in [-0.2, -0.15) is 0 Å². The molecule has 0 saturated heterocycles. The number of aryl methyl sites for hydroxylation is 2. The number of anilines is 4. The molecule has 0 bridgehead atoms. The highest BCUT2D eigenvalue weighted by molar-refractivity contribution is 5.88. The van der Waals surface area contributed by atoms with Crippen molar-refractivity contribution in [1.29, 1.82) is 0 Å². The monoisotopic (exact) mass is 520 g/mol. The first-order valence-electron chi connectivity index (χ1n) is 14.0. The molecular weight excluding hydrogens is 476 g/mol. The van der Waals surface area contributed by atoms with Crippen molar-refractivity contribution >= 4 is 22.7 Å². The lowest BCUT2D eigenvalue weighted by atomic mass is 9.84. The molecule has 0 unspecified atom stereocenters. The average Bonchev–Trinajstić information content (AvgIpc) is 2.90. The van der Waals surface area contributed by atoms with Crippen LogP contribution in [0.5, 0.6) is 0 Å². The molecule has 0 saturated carbocycles. The predicted octanol–water partition coefficient (Wildman–Crippen LogP) is 9.92. The molecule has 0 atom stereocenters. The molecule has 1 N–H and O–H groups in total. The molecule has 0 spiro atoms. The fourth-order valence-corrected chi connectivity index (χ4v) is 4.91. The number of ether oxygens (including phenoxy) is 1. The molecule has 0 aliphatic rings. The molecule has 3 nitrogen and oxygen atoms in total. The molecule has 4 aromatic rings. The van der Waals surface area contributed by atoms with Crippen LogP contribution in [0.15, 0.2) is 84.9 Å². The van der Waals surface area contributed by atoms with Crippen LogP contribution in [0.25, 0.3) is 11.1 Å². The molecular formula is C36H44N2O. The summed E-state index contributed by atoms with van der Waals surface area (Å²) in [5.74, 6) is 0.419. The van der Waals surface area contributed by atoms with Crippen molar-refractivity contribution in [3.8, 4) is 11.1 Å². The first-order chi connectivity index (χ1) is 18.6. The second-order valence-corrected chi connectivity index (χ2v) is 11.9. The molecule has 0 radical (unpaired) electrons. The van der Waals surface area contributed by atoms with E-state index in [4.69, 9.17) is 4.74 Å². The quantitative estimate of drug-likeness (QED) is 0.238. The van der Waals surface area contributed by atoms with Crippen LogP contribution in [-0.4, -0.2) is 20.3 Å². The van der Waals surface area contributed by atoms with E-state index in [0.717, 1.165) is 23.6 Å². The summed E-state index contributed by atoms with van der Waals surface area (Å²) in [7, 11) is 1.77. The van der Waals surface area contributed by atoms with Crippen LogP contribution < -0.4 is 10.2 Å². The van der Waals surface area contributed by atoms with E-state index in [1.54, 1.807) is 7.11 Å². The number of hydrogen-bond acceptors (Lipinski definition) is 3. The van der Waals surface area contributed by atoms with Gasteiger partial charge in [0.25, 0.3) is 0 Å². The van der Waals surface area contributed by atoms with Gasteiger partial charge in [0, 0.05) is 30.6 Å². The molecule has 0 aliphatic heterocycles. The van der Waals surface area contributed by atoms with Crippen LogP contribution in [-0.2, 0) is 10.2 Å². The molecule has 39 heavy (non-hydrogen) atoms. The van der Waals surface area contributed by atoms with Gasteiger partial charge in [0.15, 0.2) is 0 Å². The molecule has 0 aliphatic carbocycles. The predicted molar refractivity (Wildman–Crippen MR) is 169 cm³/mol. The Morgan fingerprint density at radius 1 is 0.795 bits per heavy atom. The fraction of sp³-hybridized carbons (Fsp3) is 0.333. The zero-order valence-electron chi connectivity index (χ0n) is 24.9. The standard InChI is InChI=1S/C36H44N2O/c1-25(2)28-15-18-33(37-31-16-13-26(3)14-17-31)35(24-28)38(19-20-39-8)34-12-10-9-11-32(34)29-21-27(4)22-30(23-29)36(5,6)7/h9-18,21-25,37H,19-20H2,1-8H3. The largest absolute Gasteiger partial charge is 0.383 e. The molecule has 4 rings (SSSR count). The highest BCUT2D eigenvalue weighted by atomic mass is 16.5. The third kappa shape index (κ3) is 6.91. The first-order valence-corrected chi connectivity index (χ1v) is 14.0. The molecule has 0 amide bonds. The molecule has 0 fully saturated rings. The van der Waals surface area contributed by atoms with Gasteiger partial charge < -0.3 is 15.0 Å². The lowest BCUT2D eigenvalue weighted by Gasteiger charge is -2.31. The lowest BCUT2D eigenvalue weighted by Crippen LogP contribution is -2.24. The number of nitrogens with zero attached hydrogens (tertiary/aromatic N) is 1. The zero-order valence-corrected chi connectivity index (χ0v) is 24.9. The summed E-state index contributed by atoms with van der Waals surface area (Å²) < 4.78 is 5.63. The summed E-state index contributed by atoms with van der Waals surface area (Å²) in [4.78, 5) is 2.42. The van der Waals surface area contributed by atoms with Gasteiger partial charge in [-0.3, -0.25) is 0 Å². The lowest BCUT2D eigenvalue weighted by molar-refractivity contribution is 0.207. The maximum Gasteiger partial charge on any atom is 0.0653 e. The second kappa shape index (κ2) is 12.1. The zero-order chi connectivity index (χ0) is 28.2. The van der Waals surface area contributed by atoms with Crippen molar-refractivity contribution in [2.45, 2.75) is 59.8 Å². The number of rotatable bonds is 9. The summed E-state index contributed by atoms with van der Waals surface area (Å²) >= 11 is 0. The smallest absolute Gasteiger partial charge is 0.0653 e. The minimum absolute atomic E-state index is 0.0716. The summed E-state index contributed by atoms with van der Waals surface area (Å²) in [6.45, 7) is 17.0. The van der Waals surface area contributed by atoms with Crippen molar-refractivity contribution in [3.63, 3.8) is 0 Å². The van der Waals surface area contributed by atoms with Crippen LogP contribution in [0.3, 0.4) is 0 Å². The average molecular weight is 521 g/mol. The topological polar surface area (TPSA) is 24.5 Å². The first kappa shape index (κ1) is 28.4. The van der Waals surface area contributed by atoms with Gasteiger partial charge in [0.1, 0.15) is 0 Å². The summed E-state index contributed by atoms with van der Waals surface area (Å²) in [6.07, 6.45) is 0. The fourth-order valence-electron chi connectivity index (χ4n) is 4.91. The van der Waals surface area contributed by atoms with Crippen molar-refractivity contribution in [2.24, 2.45) is 0 Å². The Labute approximate surface area is 235 Å². The minimum atomic E-state index is 0.0716. The van der Waals surface area contributed by atoms with Gasteiger partial charge >= 0.3 is 0 Å². The van der Waals surface area contributed by atoms with Gasteiger partial charge in [0.2, 0.25) is 0 Å². The molecule has 204 valence electrons. The highest BCUT2D eigenvalue weighted by Gasteiger charge is 2.21. The van der Waals surface area contributed by atoms with E-state index in [1.807, 2.05) is 0 Å². The van der Waals surface area contributed by atoms with Crippen molar-refractivity contribution in [3.05, 3.63) is 107 Å². The minimum Gasteiger partial charge on any atom is -0.383 e. The molecule has 0 aromatic heterocycles. The van der Waals surface area contributed by atoms with Crippen molar-refractivity contribution < 1.29 is 4.74 Å². The summed E-state index contributed by atoms with van der Waals surface area (Å²) in [5.41, 5.74) is 12.2. The number of benzene rings is 4. The van der Waals surface area contributed by atoms with E-state index in [9.17, 15) is 0 Å². The van der Waals surface area contributed by atoms with E-state index >= 15 is 0 Å². The maximum atomic E-state index is 5.63. The van der Waals surface area contributed by atoms with E-state index in [1.165, 1.54) is 39.1 Å². The Bertz CT molecular complexity index is 1400. The van der Waals surface area contributed by atoms with Crippen molar-refractivity contribution in [1.82, 2.24) is 0 Å². The number of para-hydroxylation sites is 1. The van der Waals surface area contributed by atoms with Gasteiger partial charge in [-0.25, -0.2) is 0 Å². The Kier molecular flexibility index (Phi) is 8.82. The van der Waals surface area contributed by atoms with Gasteiger partial charge in [-0.15, -0.1) is 0 Å². The molecule has 0 heterocycles. The normalized spacial score (nSPS) is 11.6.